The molecular formula is C31H36N4O2. The van der Waals surface area contributed by atoms with Crippen molar-refractivity contribution in [2.75, 3.05) is 18.0 Å². The Kier molecular flexibility index (Phi) is 7.45. The van der Waals surface area contributed by atoms with Crippen molar-refractivity contribution in [3.8, 4) is 5.75 Å². The summed E-state index contributed by atoms with van der Waals surface area (Å²) in [7, 11) is 0. The van der Waals surface area contributed by atoms with E-state index in [2.05, 4.69) is 64.2 Å². The molecule has 2 heterocycles. The van der Waals surface area contributed by atoms with E-state index in [0.29, 0.717) is 6.54 Å². The summed E-state index contributed by atoms with van der Waals surface area (Å²) in [5, 5.41) is 3.14. The third-order valence-electron chi connectivity index (χ3n) is 7.13. The van der Waals surface area contributed by atoms with Gasteiger partial charge in [-0.2, -0.15) is 0 Å². The maximum absolute atomic E-state index is 12.9. The van der Waals surface area contributed by atoms with Gasteiger partial charge in [0.2, 0.25) is 11.9 Å². The van der Waals surface area contributed by atoms with Crippen molar-refractivity contribution < 1.29 is 9.53 Å². The number of carbonyl (C=O) groups is 1. The first kappa shape index (κ1) is 24.9. The van der Waals surface area contributed by atoms with Crippen LogP contribution in [0.5, 0.6) is 5.75 Å². The Morgan fingerprint density at radius 1 is 1.00 bits per heavy atom. The highest BCUT2D eigenvalue weighted by Crippen LogP contribution is 2.28. The van der Waals surface area contributed by atoms with Crippen LogP contribution in [0.25, 0.3) is 11.0 Å². The van der Waals surface area contributed by atoms with Crippen LogP contribution in [0.4, 0.5) is 5.95 Å². The number of aryl methyl sites for hydroxylation is 1. The summed E-state index contributed by atoms with van der Waals surface area (Å²) in [5.74, 6) is 2.00. The summed E-state index contributed by atoms with van der Waals surface area (Å²) in [5.41, 5.74) is 5.81. The SMILES string of the molecule is Cc1ccccc1Cn1c(N2CCC(C(=O)NCc3ccc(OC(C)C)cc3)CC2)nc2ccccc21. The molecule has 5 rings (SSSR count). The number of carbonyl (C=O) groups excluding carboxylic acids is 1. The first-order chi connectivity index (χ1) is 18.0. The Balaban J connectivity index is 1.22. The van der Waals surface area contributed by atoms with Gasteiger partial charge in [-0.3, -0.25) is 4.79 Å². The van der Waals surface area contributed by atoms with Crippen molar-refractivity contribution in [2.45, 2.75) is 52.8 Å². The van der Waals surface area contributed by atoms with Crippen LogP contribution >= 0.6 is 0 Å². The molecule has 0 radical (unpaired) electrons. The number of aromatic nitrogens is 2. The number of ether oxygens (including phenoxy) is 1. The second kappa shape index (κ2) is 11.1. The van der Waals surface area contributed by atoms with Crippen molar-refractivity contribution in [3.63, 3.8) is 0 Å². The standard InChI is InChI=1S/C31H36N4O2/c1-22(2)37-27-14-12-24(13-15-27)20-32-30(36)25-16-18-34(19-17-25)31-33-28-10-6-7-11-29(28)35(31)21-26-9-5-4-8-23(26)3/h4-15,22,25H,16-21H2,1-3H3,(H,32,36). The summed E-state index contributed by atoms with van der Waals surface area (Å²) in [6.45, 7) is 9.13. The number of para-hydroxylation sites is 2. The predicted octanol–water partition coefficient (Wildman–Crippen LogP) is 5.71. The molecule has 1 N–H and O–H groups in total. The lowest BCUT2D eigenvalue weighted by molar-refractivity contribution is -0.125. The van der Waals surface area contributed by atoms with Gasteiger partial charge in [-0.05, 0) is 74.6 Å². The van der Waals surface area contributed by atoms with Gasteiger partial charge in [0.05, 0.1) is 23.7 Å². The van der Waals surface area contributed by atoms with E-state index in [1.165, 1.54) is 11.1 Å². The zero-order chi connectivity index (χ0) is 25.8. The number of rotatable bonds is 8. The van der Waals surface area contributed by atoms with Crippen LogP contribution in [-0.4, -0.2) is 34.7 Å². The zero-order valence-corrected chi connectivity index (χ0v) is 22.0. The molecule has 1 amide bonds. The Morgan fingerprint density at radius 3 is 2.43 bits per heavy atom. The van der Waals surface area contributed by atoms with Gasteiger partial charge < -0.3 is 19.5 Å². The molecule has 1 aliphatic rings. The van der Waals surface area contributed by atoms with Gasteiger partial charge in [0.1, 0.15) is 5.75 Å². The molecule has 1 aliphatic heterocycles. The average Bonchev–Trinajstić information content (AvgIpc) is 3.27. The number of nitrogens with zero attached hydrogens (tertiary/aromatic N) is 3. The molecule has 1 saturated heterocycles. The van der Waals surface area contributed by atoms with Crippen LogP contribution in [0, 0.1) is 12.8 Å². The van der Waals surface area contributed by atoms with E-state index in [0.717, 1.165) is 60.8 Å². The highest BCUT2D eigenvalue weighted by molar-refractivity contribution is 5.80. The number of hydrogen-bond donors (Lipinski definition) is 1. The van der Waals surface area contributed by atoms with Gasteiger partial charge in [-0.1, -0.05) is 48.5 Å². The van der Waals surface area contributed by atoms with E-state index in [1.807, 2.05) is 44.2 Å². The molecule has 3 aromatic carbocycles. The van der Waals surface area contributed by atoms with Crippen LogP contribution in [0.3, 0.4) is 0 Å². The van der Waals surface area contributed by atoms with Crippen molar-refractivity contribution >= 4 is 22.9 Å². The lowest BCUT2D eigenvalue weighted by Crippen LogP contribution is -2.41. The van der Waals surface area contributed by atoms with E-state index in [4.69, 9.17) is 9.72 Å². The molecule has 6 nitrogen and oxygen atoms in total. The first-order valence-electron chi connectivity index (χ1n) is 13.3. The average molecular weight is 497 g/mol. The third kappa shape index (κ3) is 5.79. The van der Waals surface area contributed by atoms with Crippen molar-refractivity contribution in [2.24, 2.45) is 5.92 Å². The van der Waals surface area contributed by atoms with E-state index < -0.39 is 0 Å². The molecule has 0 bridgehead atoms. The van der Waals surface area contributed by atoms with Crippen molar-refractivity contribution in [1.82, 2.24) is 14.9 Å². The molecule has 0 aliphatic carbocycles. The summed E-state index contributed by atoms with van der Waals surface area (Å²) in [6.07, 6.45) is 1.79. The number of hydrogen-bond acceptors (Lipinski definition) is 4. The lowest BCUT2D eigenvalue weighted by Gasteiger charge is -2.32. The van der Waals surface area contributed by atoms with E-state index in [-0.39, 0.29) is 17.9 Å². The maximum Gasteiger partial charge on any atom is 0.223 e. The van der Waals surface area contributed by atoms with Gasteiger partial charge in [-0.25, -0.2) is 4.98 Å². The number of nitrogens with one attached hydrogen (secondary N) is 1. The minimum absolute atomic E-state index is 0.0222. The van der Waals surface area contributed by atoms with Gasteiger partial charge in [0.15, 0.2) is 0 Å². The van der Waals surface area contributed by atoms with Crippen LogP contribution in [0.2, 0.25) is 0 Å². The van der Waals surface area contributed by atoms with Gasteiger partial charge in [-0.15, -0.1) is 0 Å². The topological polar surface area (TPSA) is 59.4 Å². The van der Waals surface area contributed by atoms with Crippen LogP contribution in [0.15, 0.2) is 72.8 Å². The van der Waals surface area contributed by atoms with E-state index in [9.17, 15) is 4.79 Å². The second-order valence-corrected chi connectivity index (χ2v) is 10.2. The van der Waals surface area contributed by atoms with Crippen LogP contribution in [-0.2, 0) is 17.9 Å². The molecule has 37 heavy (non-hydrogen) atoms. The number of imidazole rings is 1. The van der Waals surface area contributed by atoms with Gasteiger partial charge >= 0.3 is 0 Å². The van der Waals surface area contributed by atoms with Crippen molar-refractivity contribution in [1.29, 1.82) is 0 Å². The molecule has 0 spiro atoms. The van der Waals surface area contributed by atoms with E-state index in [1.54, 1.807) is 0 Å². The first-order valence-corrected chi connectivity index (χ1v) is 13.3. The van der Waals surface area contributed by atoms with Crippen LogP contribution in [0.1, 0.15) is 43.4 Å². The number of piperidine rings is 1. The Morgan fingerprint density at radius 2 is 1.70 bits per heavy atom. The quantitative estimate of drug-likeness (QED) is 0.339. The number of amides is 1. The monoisotopic (exact) mass is 496 g/mol. The normalized spacial score (nSPS) is 14.3. The summed E-state index contributed by atoms with van der Waals surface area (Å²) in [6, 6.07) is 24.8. The summed E-state index contributed by atoms with van der Waals surface area (Å²) in [4.78, 5) is 20.3. The molecular weight excluding hydrogens is 460 g/mol. The number of fused-ring (bicyclic) bond motifs is 1. The Labute approximate surface area is 219 Å². The maximum atomic E-state index is 12.9. The molecule has 0 saturated carbocycles. The molecule has 6 heteroatoms. The number of benzene rings is 3. The summed E-state index contributed by atoms with van der Waals surface area (Å²) < 4.78 is 8.03. The fraction of sp³-hybridized carbons (Fsp3) is 0.355. The predicted molar refractivity (Wildman–Crippen MR) is 149 cm³/mol. The molecule has 4 aromatic rings. The molecule has 0 unspecified atom stereocenters. The second-order valence-electron chi connectivity index (χ2n) is 10.2. The minimum Gasteiger partial charge on any atom is -0.491 e. The highest BCUT2D eigenvalue weighted by Gasteiger charge is 2.27. The molecule has 0 atom stereocenters. The molecule has 1 fully saturated rings. The van der Waals surface area contributed by atoms with Crippen LogP contribution < -0.4 is 15.0 Å². The molecule has 192 valence electrons. The zero-order valence-electron chi connectivity index (χ0n) is 22.0. The Bertz CT molecular complexity index is 1350. The smallest absolute Gasteiger partial charge is 0.223 e. The van der Waals surface area contributed by atoms with Crippen molar-refractivity contribution in [3.05, 3.63) is 89.5 Å². The van der Waals surface area contributed by atoms with Gasteiger partial charge in [0.25, 0.3) is 0 Å². The third-order valence-corrected chi connectivity index (χ3v) is 7.13. The fourth-order valence-electron chi connectivity index (χ4n) is 5.05. The van der Waals surface area contributed by atoms with E-state index >= 15 is 0 Å². The summed E-state index contributed by atoms with van der Waals surface area (Å²) >= 11 is 0. The highest BCUT2D eigenvalue weighted by atomic mass is 16.5. The fourth-order valence-corrected chi connectivity index (χ4v) is 5.05. The Hall–Kier alpha value is -3.80. The molecule has 1 aromatic heterocycles. The lowest BCUT2D eigenvalue weighted by atomic mass is 9.96. The largest absolute Gasteiger partial charge is 0.491 e. The van der Waals surface area contributed by atoms with Gasteiger partial charge in [0, 0.05) is 25.6 Å². The minimum atomic E-state index is 0.0222. The number of anilines is 1.